The van der Waals surface area contributed by atoms with Gasteiger partial charge in [0.1, 0.15) is 13.2 Å². The SMILES string of the molecule is CCCCCCCCCCCCCCCCCCC(=O)O[C@@H](COC(=O)CCCCCCCCCCCCCCCCC)COC(=O)CCCCCCCCCCCCCCCC(C)C. The number of ether oxygens (including phenoxy) is 3. The van der Waals surface area contributed by atoms with Crippen LogP contribution >= 0.6 is 0 Å². The zero-order valence-corrected chi connectivity index (χ0v) is 44.5. The zero-order chi connectivity index (χ0) is 47.4. The molecule has 0 aromatic heterocycles. The maximum atomic E-state index is 12.9. The number of rotatable bonds is 54. The average molecular weight is 920 g/mol. The molecule has 0 aliphatic carbocycles. The normalized spacial score (nSPS) is 12.0. The van der Waals surface area contributed by atoms with Crippen LogP contribution in [0.15, 0.2) is 0 Å². The highest BCUT2D eigenvalue weighted by Crippen LogP contribution is 2.18. The molecule has 0 N–H and O–H groups in total. The standard InChI is InChI=1S/C59H114O6/c1-5-7-9-11-13-15-17-19-21-23-27-32-36-40-44-48-52-59(62)65-56(53-63-57(60)50-46-42-38-34-30-26-22-20-18-16-14-12-10-8-6-2)54-64-58(61)51-47-43-39-35-31-28-24-25-29-33-37-41-45-49-55(3)4/h55-56H,5-54H2,1-4H3/t56-/m0/s1. The van der Waals surface area contributed by atoms with Crippen LogP contribution in [0.3, 0.4) is 0 Å². The first-order valence-corrected chi connectivity index (χ1v) is 29.4. The number of hydrogen-bond acceptors (Lipinski definition) is 6. The predicted octanol–water partition coefficient (Wildman–Crippen LogP) is 19.4. The topological polar surface area (TPSA) is 78.9 Å². The maximum Gasteiger partial charge on any atom is 0.306 e. The number of carbonyl (C=O) groups is 3. The van der Waals surface area contributed by atoms with Gasteiger partial charge in [0.2, 0.25) is 0 Å². The van der Waals surface area contributed by atoms with Crippen LogP contribution in [0.4, 0.5) is 0 Å². The predicted molar refractivity (Wildman–Crippen MR) is 280 cm³/mol. The molecule has 6 nitrogen and oxygen atoms in total. The highest BCUT2D eigenvalue weighted by Gasteiger charge is 2.19. The summed E-state index contributed by atoms with van der Waals surface area (Å²) in [5.74, 6) is 0.00640. The molecule has 0 aliphatic heterocycles. The highest BCUT2D eigenvalue weighted by atomic mass is 16.6. The molecule has 0 aliphatic rings. The summed E-state index contributed by atoms with van der Waals surface area (Å²) in [5, 5.41) is 0. The smallest absolute Gasteiger partial charge is 0.306 e. The summed E-state index contributed by atoms with van der Waals surface area (Å²) in [4.78, 5) is 38.2. The molecular formula is C59H114O6. The summed E-state index contributed by atoms with van der Waals surface area (Å²) < 4.78 is 16.9. The number of unbranched alkanes of at least 4 members (excludes halogenated alkanes) is 41. The molecular weight excluding hydrogens is 805 g/mol. The van der Waals surface area contributed by atoms with Crippen LogP contribution in [0, 0.1) is 5.92 Å². The zero-order valence-electron chi connectivity index (χ0n) is 44.5. The van der Waals surface area contributed by atoms with Crippen LogP contribution in [-0.4, -0.2) is 37.2 Å². The van der Waals surface area contributed by atoms with Crippen LogP contribution in [0.1, 0.15) is 336 Å². The highest BCUT2D eigenvalue weighted by molar-refractivity contribution is 5.71. The first-order valence-electron chi connectivity index (χ1n) is 29.4. The Bertz CT molecular complexity index is 980. The number of carbonyl (C=O) groups excluding carboxylic acids is 3. The van der Waals surface area contributed by atoms with Gasteiger partial charge in [-0.15, -0.1) is 0 Å². The van der Waals surface area contributed by atoms with E-state index in [1.165, 1.54) is 231 Å². The van der Waals surface area contributed by atoms with Gasteiger partial charge in [-0.05, 0) is 25.2 Å². The van der Waals surface area contributed by atoms with Gasteiger partial charge in [-0.25, -0.2) is 0 Å². The van der Waals surface area contributed by atoms with Crippen molar-refractivity contribution in [1.82, 2.24) is 0 Å². The third-order valence-electron chi connectivity index (χ3n) is 13.5. The minimum absolute atomic E-state index is 0.0617. The fourth-order valence-corrected chi connectivity index (χ4v) is 9.10. The van der Waals surface area contributed by atoms with Gasteiger partial charge < -0.3 is 14.2 Å². The van der Waals surface area contributed by atoms with Gasteiger partial charge >= 0.3 is 17.9 Å². The van der Waals surface area contributed by atoms with Crippen molar-refractivity contribution in [3.8, 4) is 0 Å². The van der Waals surface area contributed by atoms with Crippen molar-refractivity contribution in [3.63, 3.8) is 0 Å². The molecule has 0 heterocycles. The molecule has 0 rings (SSSR count). The molecule has 0 bridgehead atoms. The van der Waals surface area contributed by atoms with Gasteiger partial charge in [-0.1, -0.05) is 297 Å². The molecule has 0 saturated carbocycles. The molecule has 386 valence electrons. The fourth-order valence-electron chi connectivity index (χ4n) is 9.10. The molecule has 0 spiro atoms. The Balaban J connectivity index is 4.30. The van der Waals surface area contributed by atoms with E-state index >= 15 is 0 Å². The lowest BCUT2D eigenvalue weighted by molar-refractivity contribution is -0.167. The van der Waals surface area contributed by atoms with E-state index in [0.717, 1.165) is 63.7 Å². The minimum atomic E-state index is -0.762. The van der Waals surface area contributed by atoms with Crippen molar-refractivity contribution in [3.05, 3.63) is 0 Å². The Morgan fingerprint density at radius 3 is 0.754 bits per heavy atom. The van der Waals surface area contributed by atoms with Gasteiger partial charge in [-0.2, -0.15) is 0 Å². The number of hydrogen-bond donors (Lipinski definition) is 0. The molecule has 0 aromatic rings. The summed E-state index contributed by atoms with van der Waals surface area (Å²) in [6.07, 6.45) is 58.0. The van der Waals surface area contributed by atoms with Crippen LogP contribution in [0.2, 0.25) is 0 Å². The molecule has 0 unspecified atom stereocenters. The number of esters is 3. The van der Waals surface area contributed by atoms with Crippen molar-refractivity contribution in [2.75, 3.05) is 13.2 Å². The molecule has 0 amide bonds. The van der Waals surface area contributed by atoms with Gasteiger partial charge in [0.15, 0.2) is 6.10 Å². The third kappa shape index (κ3) is 53.2. The Labute approximate surface area is 406 Å². The molecule has 0 fully saturated rings. The average Bonchev–Trinajstić information content (AvgIpc) is 3.29. The Morgan fingerprint density at radius 1 is 0.292 bits per heavy atom. The summed E-state index contributed by atoms with van der Waals surface area (Å²) >= 11 is 0. The van der Waals surface area contributed by atoms with Crippen molar-refractivity contribution < 1.29 is 28.6 Å². The molecule has 65 heavy (non-hydrogen) atoms. The summed E-state index contributed by atoms with van der Waals surface area (Å²) in [6.45, 7) is 9.07. The summed E-state index contributed by atoms with van der Waals surface area (Å²) in [5.41, 5.74) is 0. The van der Waals surface area contributed by atoms with E-state index in [4.69, 9.17) is 14.2 Å². The molecule has 0 radical (unpaired) electrons. The lowest BCUT2D eigenvalue weighted by Crippen LogP contribution is -2.30. The van der Waals surface area contributed by atoms with Crippen LogP contribution in [-0.2, 0) is 28.6 Å². The fraction of sp³-hybridized carbons (Fsp3) is 0.949. The van der Waals surface area contributed by atoms with Crippen molar-refractivity contribution in [2.24, 2.45) is 5.92 Å². The van der Waals surface area contributed by atoms with Gasteiger partial charge in [-0.3, -0.25) is 14.4 Å². The van der Waals surface area contributed by atoms with E-state index in [1.54, 1.807) is 0 Å². The van der Waals surface area contributed by atoms with Gasteiger partial charge in [0.25, 0.3) is 0 Å². The Hall–Kier alpha value is -1.59. The monoisotopic (exact) mass is 919 g/mol. The Morgan fingerprint density at radius 2 is 0.508 bits per heavy atom. The van der Waals surface area contributed by atoms with E-state index < -0.39 is 6.10 Å². The largest absolute Gasteiger partial charge is 0.462 e. The molecule has 0 aromatic carbocycles. The lowest BCUT2D eigenvalue weighted by atomic mass is 10.0. The quantitative estimate of drug-likeness (QED) is 0.0344. The van der Waals surface area contributed by atoms with Crippen LogP contribution in [0.25, 0.3) is 0 Å². The summed E-state index contributed by atoms with van der Waals surface area (Å²) in [6, 6.07) is 0. The molecule has 1 atom stereocenters. The minimum Gasteiger partial charge on any atom is -0.462 e. The second kappa shape index (κ2) is 53.4. The van der Waals surface area contributed by atoms with E-state index in [9.17, 15) is 14.4 Å². The van der Waals surface area contributed by atoms with Crippen LogP contribution < -0.4 is 0 Å². The van der Waals surface area contributed by atoms with Crippen molar-refractivity contribution >= 4 is 17.9 Å². The molecule has 6 heteroatoms. The second-order valence-corrected chi connectivity index (χ2v) is 20.8. The Kier molecular flexibility index (Phi) is 52.1. The van der Waals surface area contributed by atoms with Gasteiger partial charge in [0.05, 0.1) is 0 Å². The summed E-state index contributed by atoms with van der Waals surface area (Å²) in [7, 11) is 0. The second-order valence-electron chi connectivity index (χ2n) is 20.8. The van der Waals surface area contributed by atoms with E-state index in [2.05, 4.69) is 27.7 Å². The van der Waals surface area contributed by atoms with Crippen molar-refractivity contribution in [2.45, 2.75) is 342 Å². The lowest BCUT2D eigenvalue weighted by Gasteiger charge is -2.18. The van der Waals surface area contributed by atoms with Crippen molar-refractivity contribution in [1.29, 1.82) is 0 Å². The maximum absolute atomic E-state index is 12.9. The van der Waals surface area contributed by atoms with E-state index in [1.807, 2.05) is 0 Å². The van der Waals surface area contributed by atoms with E-state index in [-0.39, 0.29) is 31.1 Å². The molecule has 0 saturated heterocycles. The van der Waals surface area contributed by atoms with E-state index in [0.29, 0.717) is 19.3 Å². The van der Waals surface area contributed by atoms with Gasteiger partial charge in [0, 0.05) is 19.3 Å². The first kappa shape index (κ1) is 63.4. The van der Waals surface area contributed by atoms with Crippen LogP contribution in [0.5, 0.6) is 0 Å². The third-order valence-corrected chi connectivity index (χ3v) is 13.5. The first-order chi connectivity index (χ1) is 31.9.